The Labute approximate surface area is 160 Å². The molecule has 1 aromatic heterocycles. The van der Waals surface area contributed by atoms with Crippen LogP contribution in [0.3, 0.4) is 0 Å². The first-order valence-electron chi connectivity index (χ1n) is 8.51. The van der Waals surface area contributed by atoms with E-state index < -0.39 is 23.5 Å². The number of carbonyl (C=O) groups is 3. The highest BCUT2D eigenvalue weighted by atomic mass is 19.1. The molecular formula is C21H19FN2O4. The Balaban J connectivity index is 2.35. The number of aromatic nitrogens is 1. The molecule has 0 aliphatic carbocycles. The van der Waals surface area contributed by atoms with Crippen LogP contribution >= 0.6 is 0 Å². The zero-order chi connectivity index (χ0) is 20.6. The van der Waals surface area contributed by atoms with Crippen molar-refractivity contribution in [2.45, 2.75) is 6.92 Å². The number of halogens is 1. The summed E-state index contributed by atoms with van der Waals surface area (Å²) in [6, 6.07) is 8.89. The molecule has 3 aromatic rings. The Hall–Kier alpha value is -3.48. The lowest BCUT2D eigenvalue weighted by Crippen LogP contribution is -2.24. The molecule has 0 fully saturated rings. The van der Waals surface area contributed by atoms with Crippen molar-refractivity contribution >= 4 is 28.6 Å². The number of benzene rings is 2. The number of nitrogens with one attached hydrogen (secondary N) is 1. The van der Waals surface area contributed by atoms with Crippen LogP contribution in [0, 0.1) is 12.7 Å². The standard InChI is InChI=1S/C21H19FN2O4/c1-11-8-9-12(10-14(11)22)19(25)17-16-13(21(27)28-4)6-5-7-15(16)23-18(17)20(26)24(2)3/h5-10,23H,1-4H3. The summed E-state index contributed by atoms with van der Waals surface area (Å²) < 4.78 is 18.9. The fourth-order valence-electron chi connectivity index (χ4n) is 3.02. The number of esters is 1. The van der Waals surface area contributed by atoms with Crippen molar-refractivity contribution < 1.29 is 23.5 Å². The third kappa shape index (κ3) is 3.15. The number of amides is 1. The lowest BCUT2D eigenvalue weighted by atomic mass is 9.96. The van der Waals surface area contributed by atoms with Gasteiger partial charge in [0.1, 0.15) is 11.5 Å². The first-order chi connectivity index (χ1) is 13.3. The average molecular weight is 382 g/mol. The van der Waals surface area contributed by atoms with Gasteiger partial charge in [0.05, 0.1) is 18.2 Å². The maximum Gasteiger partial charge on any atom is 0.338 e. The van der Waals surface area contributed by atoms with Gasteiger partial charge in [0, 0.05) is 30.6 Å². The fourth-order valence-corrected chi connectivity index (χ4v) is 3.02. The molecule has 0 radical (unpaired) electrons. The van der Waals surface area contributed by atoms with Crippen molar-refractivity contribution in [3.63, 3.8) is 0 Å². The van der Waals surface area contributed by atoms with Crippen LogP contribution in [0.25, 0.3) is 10.9 Å². The summed E-state index contributed by atoms with van der Waals surface area (Å²) in [6.07, 6.45) is 0. The van der Waals surface area contributed by atoms with Crippen LogP contribution in [0.2, 0.25) is 0 Å². The SMILES string of the molecule is COC(=O)c1cccc2[nH]c(C(=O)N(C)C)c(C(=O)c3ccc(C)c(F)c3)c12. The lowest BCUT2D eigenvalue weighted by molar-refractivity contribution is 0.0602. The van der Waals surface area contributed by atoms with Crippen LogP contribution in [-0.2, 0) is 4.74 Å². The quantitative estimate of drug-likeness (QED) is 0.554. The zero-order valence-corrected chi connectivity index (χ0v) is 15.9. The molecule has 0 bridgehead atoms. The van der Waals surface area contributed by atoms with Crippen LogP contribution in [0.4, 0.5) is 4.39 Å². The second-order valence-electron chi connectivity index (χ2n) is 6.59. The summed E-state index contributed by atoms with van der Waals surface area (Å²) >= 11 is 0. The number of H-pyrrole nitrogens is 1. The van der Waals surface area contributed by atoms with E-state index in [2.05, 4.69) is 4.98 Å². The van der Waals surface area contributed by atoms with E-state index in [1.165, 1.54) is 30.2 Å². The summed E-state index contributed by atoms with van der Waals surface area (Å²) in [5.74, 6) is -2.17. The van der Waals surface area contributed by atoms with Gasteiger partial charge in [-0.1, -0.05) is 18.2 Å². The summed E-state index contributed by atoms with van der Waals surface area (Å²) in [5.41, 5.74) is 1.10. The van der Waals surface area contributed by atoms with E-state index in [0.717, 1.165) is 6.07 Å². The van der Waals surface area contributed by atoms with Gasteiger partial charge < -0.3 is 14.6 Å². The highest BCUT2D eigenvalue weighted by molar-refractivity contribution is 6.24. The molecule has 0 atom stereocenters. The zero-order valence-electron chi connectivity index (χ0n) is 15.9. The first kappa shape index (κ1) is 19.3. The van der Waals surface area contributed by atoms with E-state index >= 15 is 0 Å². The van der Waals surface area contributed by atoms with Crippen molar-refractivity contribution in [3.8, 4) is 0 Å². The van der Waals surface area contributed by atoms with Crippen LogP contribution in [0.1, 0.15) is 42.3 Å². The Bertz CT molecular complexity index is 1120. The molecule has 0 unspecified atom stereocenters. The van der Waals surface area contributed by atoms with Gasteiger partial charge in [-0.05, 0) is 30.7 Å². The predicted octanol–water partition coefficient (Wildman–Crippen LogP) is 3.33. The van der Waals surface area contributed by atoms with Crippen molar-refractivity contribution in [2.75, 3.05) is 21.2 Å². The number of aryl methyl sites for hydroxylation is 1. The molecule has 2 aromatic carbocycles. The minimum atomic E-state index is -0.641. The molecule has 0 aliphatic heterocycles. The smallest absolute Gasteiger partial charge is 0.338 e. The molecule has 1 amide bonds. The number of methoxy groups -OCH3 is 1. The molecule has 0 saturated heterocycles. The normalized spacial score (nSPS) is 10.8. The maximum absolute atomic E-state index is 14.0. The summed E-state index contributed by atoms with van der Waals surface area (Å²) in [5, 5.41) is 0.269. The minimum absolute atomic E-state index is 0.0120. The van der Waals surface area contributed by atoms with Crippen molar-refractivity contribution in [2.24, 2.45) is 0 Å². The third-order valence-electron chi connectivity index (χ3n) is 4.51. The molecule has 0 aliphatic rings. The molecule has 3 rings (SSSR count). The van der Waals surface area contributed by atoms with E-state index in [9.17, 15) is 18.8 Å². The van der Waals surface area contributed by atoms with Gasteiger partial charge in [-0.15, -0.1) is 0 Å². The number of aromatic amines is 1. The number of hydrogen-bond acceptors (Lipinski definition) is 4. The maximum atomic E-state index is 14.0. The van der Waals surface area contributed by atoms with Gasteiger partial charge in [0.15, 0.2) is 5.78 Å². The number of carbonyl (C=O) groups excluding carboxylic acids is 3. The number of ether oxygens (including phenoxy) is 1. The van der Waals surface area contributed by atoms with Gasteiger partial charge in [-0.3, -0.25) is 9.59 Å². The number of ketones is 1. The van der Waals surface area contributed by atoms with Gasteiger partial charge in [0.25, 0.3) is 5.91 Å². The van der Waals surface area contributed by atoms with Gasteiger partial charge in [0.2, 0.25) is 0 Å². The largest absolute Gasteiger partial charge is 0.465 e. The predicted molar refractivity (Wildman–Crippen MR) is 102 cm³/mol. The molecule has 144 valence electrons. The van der Waals surface area contributed by atoms with Crippen LogP contribution in [0.15, 0.2) is 36.4 Å². The number of nitrogens with zero attached hydrogens (tertiary/aromatic N) is 1. The summed E-state index contributed by atoms with van der Waals surface area (Å²) in [6.45, 7) is 1.59. The van der Waals surface area contributed by atoms with Crippen LogP contribution < -0.4 is 0 Å². The number of fused-ring (bicyclic) bond motifs is 1. The molecule has 28 heavy (non-hydrogen) atoms. The van der Waals surface area contributed by atoms with Crippen LogP contribution in [-0.4, -0.2) is 48.7 Å². The lowest BCUT2D eigenvalue weighted by Gasteiger charge is -2.11. The van der Waals surface area contributed by atoms with Gasteiger partial charge >= 0.3 is 5.97 Å². The van der Waals surface area contributed by atoms with E-state index in [-0.39, 0.29) is 27.8 Å². The van der Waals surface area contributed by atoms with Crippen molar-refractivity contribution in [1.82, 2.24) is 9.88 Å². The number of rotatable bonds is 4. The summed E-state index contributed by atoms with van der Waals surface area (Å²) in [4.78, 5) is 42.5. The first-order valence-corrected chi connectivity index (χ1v) is 8.51. The molecule has 6 nitrogen and oxygen atoms in total. The average Bonchev–Trinajstić information content (AvgIpc) is 3.07. The monoisotopic (exact) mass is 382 g/mol. The highest BCUT2D eigenvalue weighted by Gasteiger charge is 2.28. The molecule has 7 heteroatoms. The van der Waals surface area contributed by atoms with Gasteiger partial charge in [-0.2, -0.15) is 0 Å². The Morgan fingerprint density at radius 1 is 1.11 bits per heavy atom. The second-order valence-corrected chi connectivity index (χ2v) is 6.59. The summed E-state index contributed by atoms with van der Waals surface area (Å²) in [7, 11) is 4.33. The molecule has 1 heterocycles. The Kier molecular flexibility index (Phi) is 5.00. The van der Waals surface area contributed by atoms with Crippen molar-refractivity contribution in [1.29, 1.82) is 0 Å². The molecule has 0 spiro atoms. The molecule has 0 saturated carbocycles. The van der Waals surface area contributed by atoms with E-state index in [1.54, 1.807) is 33.2 Å². The molecular weight excluding hydrogens is 363 g/mol. The van der Waals surface area contributed by atoms with Gasteiger partial charge in [-0.25, -0.2) is 9.18 Å². The van der Waals surface area contributed by atoms with Crippen molar-refractivity contribution in [3.05, 3.63) is 70.2 Å². The van der Waals surface area contributed by atoms with E-state index in [1.807, 2.05) is 0 Å². The fraction of sp³-hybridized carbons (Fsp3) is 0.190. The minimum Gasteiger partial charge on any atom is -0.465 e. The molecule has 1 N–H and O–H groups in total. The Morgan fingerprint density at radius 3 is 2.43 bits per heavy atom. The van der Waals surface area contributed by atoms with E-state index in [0.29, 0.717) is 11.1 Å². The van der Waals surface area contributed by atoms with E-state index in [4.69, 9.17) is 4.74 Å². The topological polar surface area (TPSA) is 79.5 Å². The highest BCUT2D eigenvalue weighted by Crippen LogP contribution is 2.30. The van der Waals surface area contributed by atoms with Crippen LogP contribution in [0.5, 0.6) is 0 Å². The third-order valence-corrected chi connectivity index (χ3v) is 4.51. The number of hydrogen-bond donors (Lipinski definition) is 1. The second kappa shape index (κ2) is 7.26. The Morgan fingerprint density at radius 2 is 1.82 bits per heavy atom.